The Labute approximate surface area is 162 Å². The van der Waals surface area contributed by atoms with Crippen LogP contribution < -0.4 is 15.4 Å². The standard InChI is InChI=1S/C20H20N6O2/c1-12-8-10-14(11-9-12)18-17(13(2)21-20-23-24-25-26(18)20)19(27)22-15-6-4-5-7-16(15)28-3/h4-11,18H,1-3H3,(H,22,27)(H,21,23,25)/t18-/m1/s1. The van der Waals surface area contributed by atoms with Gasteiger partial charge in [0.25, 0.3) is 5.91 Å². The quantitative estimate of drug-likeness (QED) is 0.727. The smallest absolute Gasteiger partial charge is 0.255 e. The predicted octanol–water partition coefficient (Wildman–Crippen LogP) is 2.92. The number of hydrogen-bond donors (Lipinski definition) is 2. The molecule has 0 aliphatic carbocycles. The van der Waals surface area contributed by atoms with Crippen molar-refractivity contribution < 1.29 is 9.53 Å². The molecular weight excluding hydrogens is 356 g/mol. The molecule has 8 nitrogen and oxygen atoms in total. The number of carbonyl (C=O) groups excluding carboxylic acids is 1. The minimum atomic E-state index is -0.443. The molecule has 2 aromatic carbocycles. The fraction of sp³-hybridized carbons (Fsp3) is 0.200. The molecule has 0 bridgehead atoms. The molecule has 0 unspecified atom stereocenters. The highest BCUT2D eigenvalue weighted by molar-refractivity contribution is 6.06. The molecule has 0 saturated carbocycles. The molecule has 0 fully saturated rings. The van der Waals surface area contributed by atoms with Gasteiger partial charge < -0.3 is 15.4 Å². The van der Waals surface area contributed by atoms with E-state index in [1.165, 1.54) is 0 Å². The minimum absolute atomic E-state index is 0.249. The van der Waals surface area contributed by atoms with Crippen LogP contribution in [0.3, 0.4) is 0 Å². The molecule has 8 heteroatoms. The number of allylic oxidation sites excluding steroid dienone is 1. The second kappa shape index (κ2) is 7.15. The topological polar surface area (TPSA) is 94.0 Å². The zero-order valence-corrected chi connectivity index (χ0v) is 15.8. The first-order chi connectivity index (χ1) is 13.6. The first-order valence-corrected chi connectivity index (χ1v) is 8.85. The van der Waals surface area contributed by atoms with Crippen molar-refractivity contribution in [1.29, 1.82) is 0 Å². The van der Waals surface area contributed by atoms with Crippen LogP contribution in [0.1, 0.15) is 24.1 Å². The number of ether oxygens (including phenoxy) is 1. The molecule has 1 amide bonds. The van der Waals surface area contributed by atoms with Gasteiger partial charge in [-0.15, -0.1) is 0 Å². The van der Waals surface area contributed by atoms with Gasteiger partial charge in [-0.3, -0.25) is 4.79 Å². The molecule has 1 atom stereocenters. The van der Waals surface area contributed by atoms with Gasteiger partial charge in [-0.25, -0.2) is 0 Å². The van der Waals surface area contributed by atoms with Crippen LogP contribution in [0.25, 0.3) is 0 Å². The van der Waals surface area contributed by atoms with Gasteiger partial charge in [0.15, 0.2) is 0 Å². The van der Waals surface area contributed by atoms with Crippen molar-refractivity contribution in [2.45, 2.75) is 19.9 Å². The zero-order chi connectivity index (χ0) is 19.7. The number of carbonyl (C=O) groups is 1. The molecular formula is C20H20N6O2. The average molecular weight is 376 g/mol. The Balaban J connectivity index is 1.76. The molecule has 142 valence electrons. The summed E-state index contributed by atoms with van der Waals surface area (Å²) in [5, 5.41) is 17.9. The van der Waals surface area contributed by atoms with Crippen LogP contribution in [-0.4, -0.2) is 33.2 Å². The molecule has 4 rings (SSSR count). The van der Waals surface area contributed by atoms with Gasteiger partial charge in [-0.05, 0) is 42.0 Å². The van der Waals surface area contributed by atoms with Crippen molar-refractivity contribution in [3.8, 4) is 5.75 Å². The van der Waals surface area contributed by atoms with Gasteiger partial charge in [-0.2, -0.15) is 4.68 Å². The summed E-state index contributed by atoms with van der Waals surface area (Å²) in [6.45, 7) is 3.86. The molecule has 28 heavy (non-hydrogen) atoms. The molecule has 1 aliphatic rings. The van der Waals surface area contributed by atoms with Crippen LogP contribution in [-0.2, 0) is 4.79 Å². The van der Waals surface area contributed by atoms with Crippen LogP contribution in [0.5, 0.6) is 5.75 Å². The van der Waals surface area contributed by atoms with E-state index in [1.807, 2.05) is 50.2 Å². The Morgan fingerprint density at radius 2 is 1.89 bits per heavy atom. The molecule has 0 radical (unpaired) electrons. The molecule has 1 aromatic heterocycles. The third kappa shape index (κ3) is 3.09. The summed E-state index contributed by atoms with van der Waals surface area (Å²) in [4.78, 5) is 13.3. The number of benzene rings is 2. The van der Waals surface area contributed by atoms with Crippen LogP contribution >= 0.6 is 0 Å². The average Bonchev–Trinajstić information content (AvgIpc) is 3.16. The monoisotopic (exact) mass is 376 g/mol. The number of tetrazole rings is 1. The third-order valence-corrected chi connectivity index (χ3v) is 4.71. The zero-order valence-electron chi connectivity index (χ0n) is 15.8. The first kappa shape index (κ1) is 17.7. The third-order valence-electron chi connectivity index (χ3n) is 4.71. The van der Waals surface area contributed by atoms with E-state index in [0.717, 1.165) is 11.1 Å². The number of aryl methyl sites for hydroxylation is 1. The number of methoxy groups -OCH3 is 1. The van der Waals surface area contributed by atoms with Crippen molar-refractivity contribution in [2.75, 3.05) is 17.7 Å². The maximum Gasteiger partial charge on any atom is 0.255 e. The molecule has 0 saturated heterocycles. The van der Waals surface area contributed by atoms with E-state index in [2.05, 4.69) is 26.2 Å². The fourth-order valence-electron chi connectivity index (χ4n) is 3.30. The Morgan fingerprint density at radius 3 is 2.64 bits per heavy atom. The highest BCUT2D eigenvalue weighted by atomic mass is 16.5. The highest BCUT2D eigenvalue weighted by Crippen LogP contribution is 2.35. The number of nitrogens with zero attached hydrogens (tertiary/aromatic N) is 4. The van der Waals surface area contributed by atoms with Crippen molar-refractivity contribution >= 4 is 17.5 Å². The first-order valence-electron chi connectivity index (χ1n) is 8.85. The number of aromatic nitrogens is 4. The van der Waals surface area contributed by atoms with Crippen molar-refractivity contribution in [1.82, 2.24) is 20.2 Å². The lowest BCUT2D eigenvalue weighted by molar-refractivity contribution is -0.113. The van der Waals surface area contributed by atoms with Gasteiger partial charge in [0, 0.05) is 5.70 Å². The van der Waals surface area contributed by atoms with Gasteiger partial charge >= 0.3 is 0 Å². The minimum Gasteiger partial charge on any atom is -0.495 e. The summed E-state index contributed by atoms with van der Waals surface area (Å²) in [6.07, 6.45) is 0. The Bertz CT molecular complexity index is 1050. The SMILES string of the molecule is COc1ccccc1NC(=O)C1=C(C)Nc2nnnn2[C@@H]1c1ccc(C)cc1. The van der Waals surface area contributed by atoms with Gasteiger partial charge in [0.05, 0.1) is 18.4 Å². The number of fused-ring (bicyclic) bond motifs is 1. The Kier molecular flexibility index (Phi) is 4.52. The summed E-state index contributed by atoms with van der Waals surface area (Å²) in [5.74, 6) is 0.839. The molecule has 0 spiro atoms. The number of para-hydroxylation sites is 2. The van der Waals surface area contributed by atoms with Crippen LogP contribution in [0.4, 0.5) is 11.6 Å². The van der Waals surface area contributed by atoms with Crippen LogP contribution in [0.2, 0.25) is 0 Å². The maximum atomic E-state index is 13.3. The van der Waals surface area contributed by atoms with E-state index in [0.29, 0.717) is 28.7 Å². The highest BCUT2D eigenvalue weighted by Gasteiger charge is 2.34. The number of anilines is 2. The molecule has 3 aromatic rings. The second-order valence-corrected chi connectivity index (χ2v) is 6.58. The van der Waals surface area contributed by atoms with Crippen LogP contribution in [0.15, 0.2) is 59.8 Å². The van der Waals surface area contributed by atoms with Gasteiger partial charge in [0.2, 0.25) is 5.95 Å². The Hall–Kier alpha value is -3.68. The lowest BCUT2D eigenvalue weighted by Gasteiger charge is -2.28. The van der Waals surface area contributed by atoms with Gasteiger partial charge in [0.1, 0.15) is 11.8 Å². The second-order valence-electron chi connectivity index (χ2n) is 6.58. The summed E-state index contributed by atoms with van der Waals surface area (Å²) in [7, 11) is 1.57. The summed E-state index contributed by atoms with van der Waals surface area (Å²) < 4.78 is 6.96. The number of hydrogen-bond acceptors (Lipinski definition) is 6. The number of nitrogens with one attached hydrogen (secondary N) is 2. The maximum absolute atomic E-state index is 13.3. The van der Waals surface area contributed by atoms with E-state index in [1.54, 1.807) is 23.9 Å². The van der Waals surface area contributed by atoms with E-state index >= 15 is 0 Å². The predicted molar refractivity (Wildman–Crippen MR) is 105 cm³/mol. The lowest BCUT2D eigenvalue weighted by Crippen LogP contribution is -2.31. The number of rotatable bonds is 4. The van der Waals surface area contributed by atoms with Crippen molar-refractivity contribution in [2.24, 2.45) is 0 Å². The lowest BCUT2D eigenvalue weighted by atomic mass is 9.94. The van der Waals surface area contributed by atoms with Gasteiger partial charge in [-0.1, -0.05) is 47.1 Å². The summed E-state index contributed by atoms with van der Waals surface area (Å²) in [6, 6.07) is 14.8. The van der Waals surface area contributed by atoms with Crippen LogP contribution in [0, 0.1) is 6.92 Å². The van der Waals surface area contributed by atoms with E-state index in [4.69, 9.17) is 4.74 Å². The van der Waals surface area contributed by atoms with E-state index in [-0.39, 0.29) is 5.91 Å². The largest absolute Gasteiger partial charge is 0.495 e. The molecule has 2 N–H and O–H groups in total. The molecule has 2 heterocycles. The van der Waals surface area contributed by atoms with E-state index in [9.17, 15) is 4.79 Å². The fourth-order valence-corrected chi connectivity index (χ4v) is 3.30. The van der Waals surface area contributed by atoms with E-state index < -0.39 is 6.04 Å². The Morgan fingerprint density at radius 1 is 1.14 bits per heavy atom. The summed E-state index contributed by atoms with van der Waals surface area (Å²) in [5.41, 5.74) is 3.89. The summed E-state index contributed by atoms with van der Waals surface area (Å²) >= 11 is 0. The van der Waals surface area contributed by atoms with Crippen molar-refractivity contribution in [3.63, 3.8) is 0 Å². The normalized spacial score (nSPS) is 15.6. The molecule has 1 aliphatic heterocycles. The number of amides is 1. The van der Waals surface area contributed by atoms with Crippen molar-refractivity contribution in [3.05, 3.63) is 70.9 Å².